The summed E-state index contributed by atoms with van der Waals surface area (Å²) < 4.78 is 27.6. The Kier molecular flexibility index (Phi) is 5.37. The minimum absolute atomic E-state index is 0.159. The van der Waals surface area contributed by atoms with Crippen molar-refractivity contribution in [1.29, 1.82) is 0 Å². The van der Waals surface area contributed by atoms with Crippen molar-refractivity contribution in [3.63, 3.8) is 0 Å². The number of ether oxygens (including phenoxy) is 1. The van der Waals surface area contributed by atoms with Gasteiger partial charge in [0.05, 0.1) is 12.9 Å². The fourth-order valence-electron chi connectivity index (χ4n) is 1.34. The average Bonchev–Trinajstić information content (AvgIpc) is 2.35. The van der Waals surface area contributed by atoms with E-state index in [9.17, 15) is 8.42 Å². The van der Waals surface area contributed by atoms with E-state index in [1.165, 1.54) is 0 Å². The summed E-state index contributed by atoms with van der Waals surface area (Å²) >= 11 is 0. The molecule has 0 aliphatic carbocycles. The maximum Gasteiger partial charge on any atom is 0.217 e. The summed E-state index contributed by atoms with van der Waals surface area (Å²) in [5.74, 6) is 0.912. The summed E-state index contributed by atoms with van der Waals surface area (Å²) in [7, 11) is -1.34. The summed E-state index contributed by atoms with van der Waals surface area (Å²) in [5.41, 5.74) is 0.920. The molecule has 17 heavy (non-hydrogen) atoms. The first-order chi connectivity index (χ1) is 8.09. The molecule has 1 rings (SSSR count). The fraction of sp³-hybridized carbons (Fsp3) is 0.545. The smallest absolute Gasteiger partial charge is 0.217 e. The topological polar surface area (TPSA) is 68.3 Å². The number of nitrogens with one attached hydrogen (secondary N) is 1. The second-order valence-corrected chi connectivity index (χ2v) is 6.06. The van der Waals surface area contributed by atoms with Crippen LogP contribution in [0.4, 0.5) is 0 Å². The molecule has 0 bridgehead atoms. The predicted molar refractivity (Wildman–Crippen MR) is 66.8 cm³/mol. The standard InChI is InChI=1S/C11H18N2O3S/c1-3-17(14,15)8-7-12-9-10-5-4-6-13-11(10)16-2/h4-6,12H,3,7-9H2,1-2H3. The van der Waals surface area contributed by atoms with Gasteiger partial charge in [-0.15, -0.1) is 0 Å². The Morgan fingerprint density at radius 1 is 1.47 bits per heavy atom. The number of sulfone groups is 1. The highest BCUT2D eigenvalue weighted by molar-refractivity contribution is 7.91. The highest BCUT2D eigenvalue weighted by Crippen LogP contribution is 2.12. The summed E-state index contributed by atoms with van der Waals surface area (Å²) in [5, 5.41) is 3.07. The van der Waals surface area contributed by atoms with Crippen molar-refractivity contribution in [3.05, 3.63) is 23.9 Å². The van der Waals surface area contributed by atoms with Crippen LogP contribution < -0.4 is 10.1 Å². The number of rotatable bonds is 7. The van der Waals surface area contributed by atoms with Crippen LogP contribution in [0.3, 0.4) is 0 Å². The van der Waals surface area contributed by atoms with E-state index in [1.54, 1.807) is 20.2 Å². The van der Waals surface area contributed by atoms with Gasteiger partial charge in [0.2, 0.25) is 5.88 Å². The lowest BCUT2D eigenvalue weighted by Gasteiger charge is -2.08. The number of hydrogen-bond donors (Lipinski definition) is 1. The Balaban J connectivity index is 2.41. The van der Waals surface area contributed by atoms with Crippen LogP contribution in [0, 0.1) is 0 Å². The number of nitrogens with zero attached hydrogens (tertiary/aromatic N) is 1. The van der Waals surface area contributed by atoms with Gasteiger partial charge in [0.25, 0.3) is 0 Å². The molecule has 1 heterocycles. The molecule has 0 spiro atoms. The fourth-order valence-corrected chi connectivity index (χ4v) is 2.08. The van der Waals surface area contributed by atoms with E-state index in [4.69, 9.17) is 4.74 Å². The van der Waals surface area contributed by atoms with Crippen LogP contribution >= 0.6 is 0 Å². The van der Waals surface area contributed by atoms with Crippen molar-refractivity contribution in [2.45, 2.75) is 13.5 Å². The summed E-state index contributed by atoms with van der Waals surface area (Å²) in [6, 6.07) is 3.72. The Labute approximate surface area is 102 Å². The van der Waals surface area contributed by atoms with Gasteiger partial charge in [-0.1, -0.05) is 13.0 Å². The third-order valence-corrected chi connectivity index (χ3v) is 4.09. The van der Waals surface area contributed by atoms with E-state index in [-0.39, 0.29) is 11.5 Å². The molecular formula is C11H18N2O3S. The van der Waals surface area contributed by atoms with Gasteiger partial charge >= 0.3 is 0 Å². The molecule has 0 fully saturated rings. The van der Waals surface area contributed by atoms with Crippen molar-refractivity contribution >= 4 is 9.84 Å². The molecular weight excluding hydrogens is 240 g/mol. The zero-order valence-electron chi connectivity index (χ0n) is 10.1. The van der Waals surface area contributed by atoms with Crippen LogP contribution in [0.5, 0.6) is 5.88 Å². The number of pyridine rings is 1. The van der Waals surface area contributed by atoms with Crippen LogP contribution in [-0.4, -0.2) is 38.6 Å². The Hall–Kier alpha value is -1.14. The lowest BCUT2D eigenvalue weighted by atomic mass is 10.2. The van der Waals surface area contributed by atoms with E-state index < -0.39 is 9.84 Å². The number of aromatic nitrogens is 1. The zero-order valence-corrected chi connectivity index (χ0v) is 11.0. The lowest BCUT2D eigenvalue weighted by Crippen LogP contribution is -2.23. The molecule has 1 N–H and O–H groups in total. The van der Waals surface area contributed by atoms with Crippen molar-refractivity contribution < 1.29 is 13.2 Å². The molecule has 96 valence electrons. The molecule has 0 saturated heterocycles. The van der Waals surface area contributed by atoms with Gasteiger partial charge in [0, 0.05) is 30.6 Å². The molecule has 0 amide bonds. The van der Waals surface area contributed by atoms with E-state index in [0.29, 0.717) is 19.0 Å². The summed E-state index contributed by atoms with van der Waals surface area (Å²) in [6.45, 7) is 2.64. The quantitative estimate of drug-likeness (QED) is 0.726. The predicted octanol–water partition coefficient (Wildman–Crippen LogP) is 0.614. The number of methoxy groups -OCH3 is 1. The summed E-state index contributed by atoms with van der Waals surface area (Å²) in [4.78, 5) is 4.06. The SMILES string of the molecule is CCS(=O)(=O)CCNCc1cccnc1OC. The van der Waals surface area contributed by atoms with Crippen molar-refractivity contribution in [3.8, 4) is 5.88 Å². The van der Waals surface area contributed by atoms with E-state index in [2.05, 4.69) is 10.3 Å². The second-order valence-electron chi connectivity index (χ2n) is 3.58. The van der Waals surface area contributed by atoms with Gasteiger partial charge in [-0.05, 0) is 6.07 Å². The highest BCUT2D eigenvalue weighted by Gasteiger charge is 2.07. The molecule has 1 aromatic rings. The van der Waals surface area contributed by atoms with Gasteiger partial charge in [-0.25, -0.2) is 13.4 Å². The molecule has 0 aliphatic rings. The van der Waals surface area contributed by atoms with Crippen LogP contribution in [0.2, 0.25) is 0 Å². The minimum Gasteiger partial charge on any atom is -0.481 e. The zero-order chi connectivity index (χ0) is 12.7. The molecule has 0 unspecified atom stereocenters. The highest BCUT2D eigenvalue weighted by atomic mass is 32.2. The molecule has 1 aromatic heterocycles. The average molecular weight is 258 g/mol. The van der Waals surface area contributed by atoms with Crippen LogP contribution in [0.15, 0.2) is 18.3 Å². The summed E-state index contributed by atoms with van der Waals surface area (Å²) in [6.07, 6.45) is 1.66. The monoisotopic (exact) mass is 258 g/mol. The maximum absolute atomic E-state index is 11.3. The maximum atomic E-state index is 11.3. The lowest BCUT2D eigenvalue weighted by molar-refractivity contribution is 0.391. The molecule has 0 aromatic carbocycles. The van der Waals surface area contributed by atoms with Crippen LogP contribution in [0.1, 0.15) is 12.5 Å². The Bertz CT molecular complexity index is 446. The molecule has 0 atom stereocenters. The second kappa shape index (κ2) is 6.56. The van der Waals surface area contributed by atoms with Gasteiger partial charge in [0.1, 0.15) is 0 Å². The molecule has 0 radical (unpaired) electrons. The van der Waals surface area contributed by atoms with Crippen molar-refractivity contribution in [1.82, 2.24) is 10.3 Å². The first-order valence-electron chi connectivity index (χ1n) is 5.48. The normalized spacial score (nSPS) is 11.4. The van der Waals surface area contributed by atoms with Gasteiger partial charge < -0.3 is 10.1 Å². The van der Waals surface area contributed by atoms with E-state index in [1.807, 2.05) is 12.1 Å². The van der Waals surface area contributed by atoms with E-state index in [0.717, 1.165) is 5.56 Å². The molecule has 5 nitrogen and oxygen atoms in total. The largest absolute Gasteiger partial charge is 0.481 e. The Morgan fingerprint density at radius 3 is 2.88 bits per heavy atom. The molecule has 6 heteroatoms. The van der Waals surface area contributed by atoms with Gasteiger partial charge in [-0.2, -0.15) is 0 Å². The third-order valence-electron chi connectivity index (χ3n) is 2.39. The van der Waals surface area contributed by atoms with E-state index >= 15 is 0 Å². The van der Waals surface area contributed by atoms with Crippen LogP contribution in [0.25, 0.3) is 0 Å². The number of hydrogen-bond acceptors (Lipinski definition) is 5. The van der Waals surface area contributed by atoms with Crippen molar-refractivity contribution in [2.75, 3.05) is 25.2 Å². The Morgan fingerprint density at radius 2 is 2.24 bits per heavy atom. The third kappa shape index (κ3) is 4.70. The van der Waals surface area contributed by atoms with Crippen LogP contribution in [-0.2, 0) is 16.4 Å². The first kappa shape index (κ1) is 13.9. The molecule has 0 saturated carbocycles. The van der Waals surface area contributed by atoms with Gasteiger partial charge in [0.15, 0.2) is 9.84 Å². The van der Waals surface area contributed by atoms with Gasteiger partial charge in [-0.3, -0.25) is 0 Å². The molecule has 0 aliphatic heterocycles. The van der Waals surface area contributed by atoms with Crippen molar-refractivity contribution in [2.24, 2.45) is 0 Å². The minimum atomic E-state index is -2.90. The first-order valence-corrected chi connectivity index (χ1v) is 7.30.